The van der Waals surface area contributed by atoms with Gasteiger partial charge in [0.1, 0.15) is 12.2 Å². The molecule has 1 rings (SSSR count). The molecule has 0 aliphatic heterocycles. The monoisotopic (exact) mass is 198 g/mol. The lowest BCUT2D eigenvalue weighted by atomic mass is 10.2. The molecular formula is C9H18N4O. The van der Waals surface area contributed by atoms with Crippen molar-refractivity contribution in [1.82, 2.24) is 14.8 Å². The number of aliphatic hydroxyl groups is 1. The van der Waals surface area contributed by atoms with Crippen LogP contribution >= 0.6 is 0 Å². The fourth-order valence-corrected chi connectivity index (χ4v) is 1.36. The summed E-state index contributed by atoms with van der Waals surface area (Å²) in [6.45, 7) is 4.57. The van der Waals surface area contributed by atoms with Crippen molar-refractivity contribution in [3.05, 3.63) is 12.2 Å². The lowest BCUT2D eigenvalue weighted by molar-refractivity contribution is 0.163. The van der Waals surface area contributed by atoms with Crippen LogP contribution in [0.2, 0.25) is 0 Å². The van der Waals surface area contributed by atoms with Crippen LogP contribution in [-0.4, -0.2) is 32.5 Å². The van der Waals surface area contributed by atoms with Crippen molar-refractivity contribution in [2.75, 3.05) is 6.54 Å². The summed E-state index contributed by atoms with van der Waals surface area (Å²) in [5.74, 6) is 0.820. The summed E-state index contributed by atoms with van der Waals surface area (Å²) in [5.41, 5.74) is 5.35. The van der Waals surface area contributed by atoms with Gasteiger partial charge in [-0.3, -0.25) is 0 Å². The second-order valence-corrected chi connectivity index (χ2v) is 3.65. The van der Waals surface area contributed by atoms with Gasteiger partial charge < -0.3 is 10.8 Å². The topological polar surface area (TPSA) is 77.0 Å². The summed E-state index contributed by atoms with van der Waals surface area (Å²) in [6.07, 6.45) is 2.23. The standard InChI is InChI=1S/C9H18N4O/c1-7(2)13-9(11-6-12-13)5-8(14)3-4-10/h6-8,14H,3-5,10H2,1-2H3. The zero-order chi connectivity index (χ0) is 10.6. The van der Waals surface area contributed by atoms with E-state index in [0.29, 0.717) is 19.4 Å². The summed E-state index contributed by atoms with van der Waals surface area (Å²) < 4.78 is 1.82. The Morgan fingerprint density at radius 1 is 1.57 bits per heavy atom. The molecule has 0 saturated heterocycles. The molecule has 1 aromatic rings. The molecule has 1 atom stereocenters. The van der Waals surface area contributed by atoms with Crippen LogP contribution in [0.25, 0.3) is 0 Å². The van der Waals surface area contributed by atoms with Crippen LogP contribution in [0.15, 0.2) is 6.33 Å². The maximum Gasteiger partial charge on any atom is 0.138 e. The number of nitrogens with two attached hydrogens (primary N) is 1. The highest BCUT2D eigenvalue weighted by atomic mass is 16.3. The predicted octanol–water partition coefficient (Wildman–Crippen LogP) is 0.111. The van der Waals surface area contributed by atoms with Gasteiger partial charge >= 0.3 is 0 Å². The van der Waals surface area contributed by atoms with E-state index < -0.39 is 6.10 Å². The molecule has 1 unspecified atom stereocenters. The van der Waals surface area contributed by atoms with Gasteiger partial charge in [-0.15, -0.1) is 0 Å². The van der Waals surface area contributed by atoms with Gasteiger partial charge in [0.15, 0.2) is 0 Å². The number of nitrogens with zero attached hydrogens (tertiary/aromatic N) is 3. The zero-order valence-electron chi connectivity index (χ0n) is 8.72. The van der Waals surface area contributed by atoms with Crippen molar-refractivity contribution in [2.24, 2.45) is 5.73 Å². The van der Waals surface area contributed by atoms with E-state index in [1.54, 1.807) is 0 Å². The third-order valence-electron chi connectivity index (χ3n) is 2.05. The molecule has 5 heteroatoms. The summed E-state index contributed by atoms with van der Waals surface area (Å²) in [6, 6.07) is 0.276. The van der Waals surface area contributed by atoms with Crippen molar-refractivity contribution in [3.63, 3.8) is 0 Å². The Morgan fingerprint density at radius 3 is 2.86 bits per heavy atom. The molecule has 5 nitrogen and oxygen atoms in total. The van der Waals surface area contributed by atoms with Gasteiger partial charge in [0.25, 0.3) is 0 Å². The molecule has 0 aromatic carbocycles. The Bertz CT molecular complexity index is 272. The van der Waals surface area contributed by atoms with Gasteiger partial charge in [-0.25, -0.2) is 9.67 Å². The second kappa shape index (κ2) is 5.07. The first kappa shape index (κ1) is 11.1. The second-order valence-electron chi connectivity index (χ2n) is 3.65. The first-order chi connectivity index (χ1) is 6.65. The number of rotatable bonds is 5. The lowest BCUT2D eigenvalue weighted by Gasteiger charge is -2.12. The SMILES string of the molecule is CC(C)n1ncnc1CC(O)CCN. The summed E-state index contributed by atoms with van der Waals surface area (Å²) in [7, 11) is 0. The molecule has 0 bridgehead atoms. The number of aliphatic hydroxyl groups excluding tert-OH is 1. The molecule has 14 heavy (non-hydrogen) atoms. The zero-order valence-corrected chi connectivity index (χ0v) is 8.72. The van der Waals surface area contributed by atoms with Gasteiger partial charge in [0.05, 0.1) is 6.10 Å². The minimum Gasteiger partial charge on any atom is -0.393 e. The van der Waals surface area contributed by atoms with E-state index in [-0.39, 0.29) is 6.04 Å². The summed E-state index contributed by atoms with van der Waals surface area (Å²) in [4.78, 5) is 4.11. The Kier molecular flexibility index (Phi) is 4.03. The van der Waals surface area contributed by atoms with Crippen molar-refractivity contribution in [3.8, 4) is 0 Å². The first-order valence-electron chi connectivity index (χ1n) is 4.91. The average Bonchev–Trinajstić information content (AvgIpc) is 2.52. The van der Waals surface area contributed by atoms with E-state index in [1.165, 1.54) is 6.33 Å². The molecule has 0 aliphatic carbocycles. The third kappa shape index (κ3) is 2.78. The Hall–Kier alpha value is -0.940. The van der Waals surface area contributed by atoms with Crippen LogP contribution in [0.3, 0.4) is 0 Å². The fourth-order valence-electron chi connectivity index (χ4n) is 1.36. The van der Waals surface area contributed by atoms with Crippen LogP contribution in [0, 0.1) is 0 Å². The highest BCUT2D eigenvalue weighted by molar-refractivity contribution is 4.89. The summed E-state index contributed by atoms with van der Waals surface area (Å²) >= 11 is 0. The maximum absolute atomic E-state index is 9.57. The van der Waals surface area contributed by atoms with E-state index in [2.05, 4.69) is 10.1 Å². The van der Waals surface area contributed by atoms with Crippen molar-refractivity contribution in [2.45, 2.75) is 38.8 Å². The highest BCUT2D eigenvalue weighted by Gasteiger charge is 2.11. The smallest absolute Gasteiger partial charge is 0.138 e. The molecular weight excluding hydrogens is 180 g/mol. The Balaban J connectivity index is 2.61. The largest absolute Gasteiger partial charge is 0.393 e. The first-order valence-corrected chi connectivity index (χ1v) is 4.91. The normalized spacial score (nSPS) is 13.5. The van der Waals surface area contributed by atoms with E-state index in [1.807, 2.05) is 18.5 Å². The molecule has 0 spiro atoms. The van der Waals surface area contributed by atoms with E-state index in [4.69, 9.17) is 5.73 Å². The molecule has 0 radical (unpaired) electrons. The van der Waals surface area contributed by atoms with Gasteiger partial charge in [0.2, 0.25) is 0 Å². The molecule has 1 aromatic heterocycles. The lowest BCUT2D eigenvalue weighted by Crippen LogP contribution is -2.19. The van der Waals surface area contributed by atoms with Crippen LogP contribution in [0.5, 0.6) is 0 Å². The van der Waals surface area contributed by atoms with Gasteiger partial charge in [-0.05, 0) is 26.8 Å². The Morgan fingerprint density at radius 2 is 2.29 bits per heavy atom. The molecule has 1 heterocycles. The van der Waals surface area contributed by atoms with Gasteiger partial charge in [-0.2, -0.15) is 5.10 Å². The van der Waals surface area contributed by atoms with Crippen molar-refractivity contribution >= 4 is 0 Å². The quantitative estimate of drug-likeness (QED) is 0.704. The van der Waals surface area contributed by atoms with Gasteiger partial charge in [0, 0.05) is 12.5 Å². The van der Waals surface area contributed by atoms with Crippen molar-refractivity contribution in [1.29, 1.82) is 0 Å². The molecule has 0 fully saturated rings. The van der Waals surface area contributed by atoms with Gasteiger partial charge in [-0.1, -0.05) is 0 Å². The number of aromatic nitrogens is 3. The van der Waals surface area contributed by atoms with E-state index in [9.17, 15) is 5.11 Å². The Labute approximate surface area is 83.9 Å². The van der Waals surface area contributed by atoms with Crippen LogP contribution in [-0.2, 0) is 6.42 Å². The van der Waals surface area contributed by atoms with E-state index in [0.717, 1.165) is 5.82 Å². The number of hydrogen-bond acceptors (Lipinski definition) is 4. The van der Waals surface area contributed by atoms with Crippen LogP contribution in [0.4, 0.5) is 0 Å². The van der Waals surface area contributed by atoms with Crippen molar-refractivity contribution < 1.29 is 5.11 Å². The fraction of sp³-hybridized carbons (Fsp3) is 0.778. The number of hydrogen-bond donors (Lipinski definition) is 2. The highest BCUT2D eigenvalue weighted by Crippen LogP contribution is 2.08. The molecule has 80 valence electrons. The maximum atomic E-state index is 9.57. The predicted molar refractivity (Wildman–Crippen MR) is 53.8 cm³/mol. The molecule has 3 N–H and O–H groups in total. The third-order valence-corrected chi connectivity index (χ3v) is 2.05. The van der Waals surface area contributed by atoms with Crippen LogP contribution in [0.1, 0.15) is 32.1 Å². The van der Waals surface area contributed by atoms with Crippen LogP contribution < -0.4 is 5.73 Å². The van der Waals surface area contributed by atoms with E-state index >= 15 is 0 Å². The minimum atomic E-state index is -0.415. The minimum absolute atomic E-state index is 0.276. The average molecular weight is 198 g/mol. The molecule has 0 saturated carbocycles. The molecule has 0 amide bonds. The molecule has 0 aliphatic rings. The summed E-state index contributed by atoms with van der Waals surface area (Å²) in [5, 5.41) is 13.7.